The number of amides is 1. The van der Waals surface area contributed by atoms with Gasteiger partial charge in [-0.2, -0.15) is 4.99 Å². The van der Waals surface area contributed by atoms with Gasteiger partial charge in [0.05, 0.1) is 23.7 Å². The van der Waals surface area contributed by atoms with E-state index in [-0.39, 0.29) is 18.9 Å². The van der Waals surface area contributed by atoms with Crippen molar-refractivity contribution < 1.29 is 14.3 Å². The lowest BCUT2D eigenvalue weighted by Crippen LogP contribution is -2.22. The molecule has 0 saturated carbocycles. The fourth-order valence-electron chi connectivity index (χ4n) is 2.69. The molecule has 0 spiro atoms. The Morgan fingerprint density at radius 2 is 1.85 bits per heavy atom. The molecule has 0 saturated heterocycles. The summed E-state index contributed by atoms with van der Waals surface area (Å²) in [5.74, 6) is -0.677. The molecule has 0 radical (unpaired) electrons. The summed E-state index contributed by atoms with van der Waals surface area (Å²) in [5.41, 5.74) is 2.92. The number of aromatic nitrogens is 1. The van der Waals surface area contributed by atoms with E-state index >= 15 is 0 Å². The molecular weight excluding hydrogens is 384 g/mol. The van der Waals surface area contributed by atoms with Gasteiger partial charge in [-0.25, -0.2) is 0 Å². The lowest BCUT2D eigenvalue weighted by Gasteiger charge is -2.04. The highest BCUT2D eigenvalue weighted by Crippen LogP contribution is 2.22. The number of thiazole rings is 1. The van der Waals surface area contributed by atoms with Crippen molar-refractivity contribution in [2.75, 3.05) is 7.11 Å². The molecule has 0 aliphatic rings. The van der Waals surface area contributed by atoms with Crippen LogP contribution in [0, 0.1) is 0 Å². The van der Waals surface area contributed by atoms with Crippen molar-refractivity contribution in [1.82, 2.24) is 4.57 Å². The molecule has 0 aliphatic carbocycles. The van der Waals surface area contributed by atoms with Crippen LogP contribution in [-0.2, 0) is 33.7 Å². The number of benzene rings is 2. The highest BCUT2D eigenvalue weighted by molar-refractivity contribution is 7.16. The fourth-order valence-corrected chi connectivity index (χ4v) is 4.02. The zero-order valence-electron chi connectivity index (χ0n) is 15.1. The zero-order chi connectivity index (χ0) is 19.4. The first-order chi connectivity index (χ1) is 13.0. The summed E-state index contributed by atoms with van der Waals surface area (Å²) in [5, 5.41) is 0.586. The maximum atomic E-state index is 12.5. The molecule has 0 bridgehead atoms. The predicted molar refractivity (Wildman–Crippen MR) is 107 cm³/mol. The number of hydrogen-bond donors (Lipinski definition) is 0. The summed E-state index contributed by atoms with van der Waals surface area (Å²) in [6.45, 7) is 2.07. The van der Waals surface area contributed by atoms with Crippen molar-refractivity contribution in [1.29, 1.82) is 0 Å². The third-order valence-corrected chi connectivity index (χ3v) is 5.44. The molecule has 7 heteroatoms. The van der Waals surface area contributed by atoms with Gasteiger partial charge >= 0.3 is 5.97 Å². The van der Waals surface area contributed by atoms with Crippen LogP contribution < -0.4 is 4.80 Å². The molecule has 3 aromatic rings. The molecule has 5 nitrogen and oxygen atoms in total. The number of aryl methyl sites for hydroxylation is 1. The topological polar surface area (TPSA) is 60.7 Å². The Morgan fingerprint density at radius 1 is 1.15 bits per heavy atom. The molecule has 27 heavy (non-hydrogen) atoms. The van der Waals surface area contributed by atoms with Crippen molar-refractivity contribution in [2.24, 2.45) is 4.99 Å². The first kappa shape index (κ1) is 19.3. The molecule has 0 atom stereocenters. The van der Waals surface area contributed by atoms with E-state index < -0.39 is 5.97 Å². The summed E-state index contributed by atoms with van der Waals surface area (Å²) in [6.07, 6.45) is 1.16. The van der Waals surface area contributed by atoms with Crippen molar-refractivity contribution in [3.63, 3.8) is 0 Å². The van der Waals surface area contributed by atoms with Gasteiger partial charge in [0.1, 0.15) is 6.54 Å². The number of rotatable bonds is 5. The number of halogens is 1. The third-order valence-electron chi connectivity index (χ3n) is 4.17. The molecule has 1 heterocycles. The molecule has 2 aromatic carbocycles. The second-order valence-electron chi connectivity index (χ2n) is 6.01. The van der Waals surface area contributed by atoms with E-state index in [1.807, 2.05) is 30.3 Å². The Bertz CT molecular complexity index is 1050. The minimum absolute atomic E-state index is 0.0184. The molecule has 0 aliphatic heterocycles. The van der Waals surface area contributed by atoms with Crippen LogP contribution in [0.1, 0.15) is 18.1 Å². The molecule has 0 N–H and O–H groups in total. The number of fused-ring (bicyclic) bond motifs is 1. The van der Waals surface area contributed by atoms with Gasteiger partial charge in [-0.3, -0.25) is 9.59 Å². The highest BCUT2D eigenvalue weighted by Gasteiger charge is 2.12. The van der Waals surface area contributed by atoms with Crippen molar-refractivity contribution in [3.05, 3.63) is 63.4 Å². The minimum atomic E-state index is -0.409. The number of carbonyl (C=O) groups is 2. The normalized spacial score (nSPS) is 11.7. The van der Waals surface area contributed by atoms with E-state index in [9.17, 15) is 9.59 Å². The first-order valence-electron chi connectivity index (χ1n) is 8.51. The average molecular weight is 403 g/mol. The summed E-state index contributed by atoms with van der Waals surface area (Å²) >= 11 is 7.38. The molecule has 1 aromatic heterocycles. The van der Waals surface area contributed by atoms with E-state index in [1.54, 1.807) is 16.7 Å². The van der Waals surface area contributed by atoms with Gasteiger partial charge in [-0.1, -0.05) is 54.1 Å². The number of nitrogens with zero attached hydrogens (tertiary/aromatic N) is 2. The molecule has 3 rings (SSSR count). The van der Waals surface area contributed by atoms with Gasteiger partial charge in [0, 0.05) is 5.02 Å². The van der Waals surface area contributed by atoms with Gasteiger partial charge in [0.15, 0.2) is 4.80 Å². The lowest BCUT2D eigenvalue weighted by molar-refractivity contribution is -0.141. The number of carbonyl (C=O) groups excluding carboxylic acids is 2. The summed E-state index contributed by atoms with van der Waals surface area (Å²) in [7, 11) is 1.33. The lowest BCUT2D eigenvalue weighted by atomic mass is 10.1. The van der Waals surface area contributed by atoms with Gasteiger partial charge < -0.3 is 9.30 Å². The van der Waals surface area contributed by atoms with Gasteiger partial charge in [0.2, 0.25) is 0 Å². The van der Waals surface area contributed by atoms with Crippen LogP contribution in [0.4, 0.5) is 0 Å². The SMILES string of the molecule is CCc1ccc(CC(=O)N=c2sc3cc(Cl)ccc3n2CC(=O)OC)cc1. The van der Waals surface area contributed by atoms with Crippen LogP contribution in [0.15, 0.2) is 47.5 Å². The molecule has 140 valence electrons. The van der Waals surface area contributed by atoms with Crippen LogP contribution in [0.25, 0.3) is 10.2 Å². The summed E-state index contributed by atoms with van der Waals surface area (Å²) in [6, 6.07) is 13.3. The molecular formula is C20H19ClN2O3S. The van der Waals surface area contributed by atoms with Crippen LogP contribution >= 0.6 is 22.9 Å². The van der Waals surface area contributed by atoms with E-state index in [4.69, 9.17) is 16.3 Å². The molecule has 0 fully saturated rings. The van der Waals surface area contributed by atoms with Crippen LogP contribution in [0.2, 0.25) is 5.02 Å². The summed E-state index contributed by atoms with van der Waals surface area (Å²) in [4.78, 5) is 29.0. The average Bonchev–Trinajstić information content (AvgIpc) is 2.98. The van der Waals surface area contributed by atoms with Gasteiger partial charge in [0.25, 0.3) is 5.91 Å². The first-order valence-corrected chi connectivity index (χ1v) is 9.70. The minimum Gasteiger partial charge on any atom is -0.468 e. The van der Waals surface area contributed by atoms with E-state index in [0.29, 0.717) is 9.82 Å². The third kappa shape index (κ3) is 4.64. The van der Waals surface area contributed by atoms with Crippen LogP contribution in [0.5, 0.6) is 0 Å². The smallest absolute Gasteiger partial charge is 0.325 e. The number of esters is 1. The van der Waals surface area contributed by atoms with E-state index in [2.05, 4.69) is 11.9 Å². The zero-order valence-corrected chi connectivity index (χ0v) is 16.6. The number of ether oxygens (including phenoxy) is 1. The number of hydrogen-bond acceptors (Lipinski definition) is 4. The Morgan fingerprint density at radius 3 is 2.52 bits per heavy atom. The maximum Gasteiger partial charge on any atom is 0.325 e. The van der Waals surface area contributed by atoms with E-state index in [1.165, 1.54) is 24.0 Å². The van der Waals surface area contributed by atoms with Crippen LogP contribution in [-0.4, -0.2) is 23.6 Å². The number of methoxy groups -OCH3 is 1. The monoisotopic (exact) mass is 402 g/mol. The summed E-state index contributed by atoms with van der Waals surface area (Å²) < 4.78 is 7.30. The fraction of sp³-hybridized carbons (Fsp3) is 0.250. The van der Waals surface area contributed by atoms with Gasteiger partial charge in [-0.15, -0.1) is 0 Å². The van der Waals surface area contributed by atoms with Crippen molar-refractivity contribution in [3.8, 4) is 0 Å². The van der Waals surface area contributed by atoms with Gasteiger partial charge in [-0.05, 0) is 35.7 Å². The largest absolute Gasteiger partial charge is 0.468 e. The standard InChI is InChI=1S/C20H19ClN2O3S/c1-3-13-4-6-14(7-5-13)10-18(24)22-20-23(12-19(25)26-2)16-9-8-15(21)11-17(16)27-20/h4-9,11H,3,10,12H2,1-2H3. The Balaban J connectivity index is 1.96. The van der Waals surface area contributed by atoms with Crippen molar-refractivity contribution >= 4 is 45.0 Å². The van der Waals surface area contributed by atoms with Crippen molar-refractivity contribution in [2.45, 2.75) is 26.3 Å². The quantitative estimate of drug-likeness (QED) is 0.610. The Kier molecular flexibility index (Phi) is 6.08. The predicted octanol–water partition coefficient (Wildman–Crippen LogP) is 3.76. The second kappa shape index (κ2) is 8.50. The van der Waals surface area contributed by atoms with Crippen LogP contribution in [0.3, 0.4) is 0 Å². The Hall–Kier alpha value is -2.44. The maximum absolute atomic E-state index is 12.5. The highest BCUT2D eigenvalue weighted by atomic mass is 35.5. The molecule has 0 unspecified atom stereocenters. The Labute approximate surface area is 165 Å². The second-order valence-corrected chi connectivity index (χ2v) is 7.46. The molecule has 1 amide bonds. The van der Waals surface area contributed by atoms with E-state index in [0.717, 1.165) is 22.2 Å².